The highest BCUT2D eigenvalue weighted by atomic mass is 16.6. The number of nitro groups is 1. The lowest BCUT2D eigenvalue weighted by atomic mass is 10.1. The Morgan fingerprint density at radius 3 is 2.61 bits per heavy atom. The van der Waals surface area contributed by atoms with Crippen molar-refractivity contribution in [1.29, 1.82) is 0 Å². The number of nitrogens with zero attached hydrogens (tertiary/aromatic N) is 1. The molecule has 0 radical (unpaired) electrons. The highest BCUT2D eigenvalue weighted by Crippen LogP contribution is 2.27. The maximum atomic E-state index is 13.1. The number of carbonyl (C=O) groups is 4. The van der Waals surface area contributed by atoms with Gasteiger partial charge in [-0.05, 0) is 44.0 Å². The molecular weight excluding hydrogens is 472 g/mol. The first-order valence-electron chi connectivity index (χ1n) is 11.1. The molecule has 3 rings (SSSR count). The minimum Gasteiger partial charge on any atom is -0.488 e. The van der Waals surface area contributed by atoms with E-state index in [1.54, 1.807) is 0 Å². The monoisotopic (exact) mass is 498 g/mol. The van der Waals surface area contributed by atoms with E-state index in [0.717, 1.165) is 6.07 Å². The normalized spacial score (nSPS) is 16.2. The van der Waals surface area contributed by atoms with Crippen molar-refractivity contribution in [2.75, 3.05) is 18.4 Å². The number of ether oxygens (including phenoxy) is 1. The molecule has 1 atom stereocenters. The van der Waals surface area contributed by atoms with Gasteiger partial charge in [0.15, 0.2) is 0 Å². The Hall–Kier alpha value is -4.52. The van der Waals surface area contributed by atoms with Crippen molar-refractivity contribution in [3.8, 4) is 5.75 Å². The van der Waals surface area contributed by atoms with Crippen molar-refractivity contribution in [2.24, 2.45) is 11.5 Å². The van der Waals surface area contributed by atoms with Crippen LogP contribution in [0.2, 0.25) is 0 Å². The number of non-ortho nitro benzene ring substituents is 1. The lowest BCUT2D eigenvalue weighted by Crippen LogP contribution is -2.48. The fourth-order valence-corrected chi connectivity index (χ4v) is 3.54. The number of nitrogens with one attached hydrogen (secondary N) is 3. The van der Waals surface area contributed by atoms with Gasteiger partial charge in [-0.2, -0.15) is 0 Å². The van der Waals surface area contributed by atoms with E-state index in [-0.39, 0.29) is 41.3 Å². The molecule has 0 aliphatic carbocycles. The van der Waals surface area contributed by atoms with Crippen molar-refractivity contribution in [1.82, 2.24) is 10.6 Å². The molecule has 13 heteroatoms. The van der Waals surface area contributed by atoms with E-state index in [0.29, 0.717) is 24.9 Å². The molecule has 0 aromatic heterocycles. The summed E-state index contributed by atoms with van der Waals surface area (Å²) in [6.07, 6.45) is 1.35. The summed E-state index contributed by atoms with van der Waals surface area (Å²) >= 11 is 0. The average Bonchev–Trinajstić information content (AvgIpc) is 2.85. The van der Waals surface area contributed by atoms with Crippen LogP contribution in [0.4, 0.5) is 11.4 Å². The molecule has 0 bridgehead atoms. The Labute approximate surface area is 205 Å². The SMILES string of the molecule is NCCCC[C@@H]1NC(=O)c2cc([N+](=O)[O-])ccc2OCc2ccc(C(N)=O)cc2NC(=O)CNC1=O. The molecule has 0 spiro atoms. The van der Waals surface area contributed by atoms with Crippen molar-refractivity contribution < 1.29 is 28.8 Å². The highest BCUT2D eigenvalue weighted by Gasteiger charge is 2.26. The molecule has 0 fully saturated rings. The third-order valence-corrected chi connectivity index (χ3v) is 5.46. The Balaban J connectivity index is 2.03. The van der Waals surface area contributed by atoms with Crippen molar-refractivity contribution in [2.45, 2.75) is 31.9 Å². The zero-order valence-electron chi connectivity index (χ0n) is 19.2. The van der Waals surface area contributed by atoms with Crippen LogP contribution < -0.4 is 32.2 Å². The fourth-order valence-electron chi connectivity index (χ4n) is 3.54. The van der Waals surface area contributed by atoms with Gasteiger partial charge in [0, 0.05) is 28.9 Å². The molecule has 7 N–H and O–H groups in total. The van der Waals surface area contributed by atoms with E-state index in [1.165, 1.54) is 30.3 Å². The third-order valence-electron chi connectivity index (χ3n) is 5.46. The van der Waals surface area contributed by atoms with Crippen LogP contribution >= 0.6 is 0 Å². The molecule has 4 amide bonds. The van der Waals surface area contributed by atoms with Crippen molar-refractivity contribution >= 4 is 35.0 Å². The number of amides is 4. The van der Waals surface area contributed by atoms with Crippen LogP contribution in [-0.2, 0) is 16.2 Å². The Morgan fingerprint density at radius 2 is 1.92 bits per heavy atom. The summed E-state index contributed by atoms with van der Waals surface area (Å²) in [4.78, 5) is 60.7. The number of fused-ring (bicyclic) bond motifs is 2. The van der Waals surface area contributed by atoms with Gasteiger partial charge in [0.1, 0.15) is 18.4 Å². The third kappa shape index (κ3) is 6.54. The van der Waals surface area contributed by atoms with Crippen molar-refractivity contribution in [3.05, 3.63) is 63.2 Å². The predicted molar refractivity (Wildman–Crippen MR) is 128 cm³/mol. The molecule has 0 saturated heterocycles. The lowest BCUT2D eigenvalue weighted by molar-refractivity contribution is -0.384. The molecule has 190 valence electrons. The van der Waals surface area contributed by atoms with Gasteiger partial charge in [0.05, 0.1) is 17.0 Å². The van der Waals surface area contributed by atoms with Gasteiger partial charge in [-0.3, -0.25) is 29.3 Å². The molecule has 1 aliphatic heterocycles. The summed E-state index contributed by atoms with van der Waals surface area (Å²) < 4.78 is 5.79. The minimum absolute atomic E-state index is 0.0209. The summed E-state index contributed by atoms with van der Waals surface area (Å²) in [5.41, 5.74) is 11.2. The van der Waals surface area contributed by atoms with Gasteiger partial charge < -0.3 is 32.2 Å². The number of rotatable bonds is 6. The van der Waals surface area contributed by atoms with Gasteiger partial charge in [-0.15, -0.1) is 0 Å². The summed E-state index contributed by atoms with van der Waals surface area (Å²) in [7, 11) is 0. The minimum atomic E-state index is -1.03. The molecular formula is C23H26N6O7. The first kappa shape index (κ1) is 26.1. The standard InChI is InChI=1S/C23H26N6O7/c24-8-2-1-3-17-23(33)26-11-20(30)27-18-9-13(21(25)31)4-5-14(18)12-36-19-7-6-15(29(34)35)10-16(19)22(32)28-17/h4-7,9-10,17H,1-3,8,11-12,24H2,(H2,25,31)(H,26,33)(H,27,30)(H,28,32)/t17-/m0/s1. The van der Waals surface area contributed by atoms with Gasteiger partial charge in [-0.1, -0.05) is 6.07 Å². The van der Waals surface area contributed by atoms with E-state index in [9.17, 15) is 29.3 Å². The van der Waals surface area contributed by atoms with E-state index < -0.39 is 41.1 Å². The number of anilines is 1. The fraction of sp³-hybridized carbons (Fsp3) is 0.304. The molecule has 36 heavy (non-hydrogen) atoms. The summed E-state index contributed by atoms with van der Waals surface area (Å²) in [6, 6.07) is 6.81. The molecule has 13 nitrogen and oxygen atoms in total. The maximum absolute atomic E-state index is 13.1. The van der Waals surface area contributed by atoms with Gasteiger partial charge in [0.25, 0.3) is 11.6 Å². The van der Waals surface area contributed by atoms with E-state index in [4.69, 9.17) is 16.2 Å². The lowest BCUT2D eigenvalue weighted by Gasteiger charge is -2.21. The predicted octanol–water partition coefficient (Wildman–Crippen LogP) is 0.568. The Bertz CT molecular complexity index is 1200. The number of primary amides is 1. The number of nitro benzene ring substituents is 1. The topological polar surface area (TPSA) is 209 Å². The highest BCUT2D eigenvalue weighted by molar-refractivity contribution is 6.02. The van der Waals surface area contributed by atoms with Crippen LogP contribution in [0.5, 0.6) is 5.75 Å². The molecule has 2 aromatic carbocycles. The molecule has 1 aliphatic rings. The molecule has 1 heterocycles. The van der Waals surface area contributed by atoms with E-state index >= 15 is 0 Å². The number of hydrogen-bond donors (Lipinski definition) is 5. The number of nitrogens with two attached hydrogens (primary N) is 2. The summed E-state index contributed by atoms with van der Waals surface area (Å²) in [6.45, 7) is -0.176. The Kier molecular flexibility index (Phi) is 8.52. The molecule has 0 saturated carbocycles. The van der Waals surface area contributed by atoms with Crippen LogP contribution in [-0.4, -0.2) is 47.7 Å². The number of hydrogen-bond acceptors (Lipinski definition) is 8. The zero-order valence-corrected chi connectivity index (χ0v) is 19.2. The summed E-state index contributed by atoms with van der Waals surface area (Å²) in [5, 5.41) is 19.0. The quantitative estimate of drug-likeness (QED) is 0.215. The van der Waals surface area contributed by atoms with Gasteiger partial charge in [-0.25, -0.2) is 0 Å². The van der Waals surface area contributed by atoms with Crippen molar-refractivity contribution in [3.63, 3.8) is 0 Å². The van der Waals surface area contributed by atoms with E-state index in [1.807, 2.05) is 0 Å². The number of unbranched alkanes of at least 4 members (excludes halogenated alkanes) is 1. The van der Waals surface area contributed by atoms with Gasteiger partial charge >= 0.3 is 0 Å². The number of benzene rings is 2. The smallest absolute Gasteiger partial charge is 0.270 e. The van der Waals surface area contributed by atoms with Crippen LogP contribution in [0, 0.1) is 10.1 Å². The van der Waals surface area contributed by atoms with Gasteiger partial charge in [0.2, 0.25) is 17.7 Å². The second-order valence-corrected chi connectivity index (χ2v) is 8.04. The average molecular weight is 498 g/mol. The zero-order chi connectivity index (χ0) is 26.2. The van der Waals surface area contributed by atoms with Crippen LogP contribution in [0.3, 0.4) is 0 Å². The molecule has 2 aromatic rings. The second kappa shape index (κ2) is 11.8. The van der Waals surface area contributed by atoms with Crippen LogP contribution in [0.15, 0.2) is 36.4 Å². The van der Waals surface area contributed by atoms with Crippen LogP contribution in [0.1, 0.15) is 45.5 Å². The second-order valence-electron chi connectivity index (χ2n) is 8.04. The van der Waals surface area contributed by atoms with Crippen LogP contribution in [0.25, 0.3) is 0 Å². The number of carbonyl (C=O) groups excluding carboxylic acids is 4. The van der Waals surface area contributed by atoms with E-state index in [2.05, 4.69) is 16.0 Å². The summed E-state index contributed by atoms with van der Waals surface area (Å²) in [5.74, 6) is -2.65. The first-order chi connectivity index (χ1) is 17.2. The largest absolute Gasteiger partial charge is 0.488 e. The Morgan fingerprint density at radius 1 is 1.14 bits per heavy atom. The molecule has 0 unspecified atom stereocenters. The first-order valence-corrected chi connectivity index (χ1v) is 11.1. The maximum Gasteiger partial charge on any atom is 0.270 e.